The van der Waals surface area contributed by atoms with Crippen molar-refractivity contribution in [3.63, 3.8) is 0 Å². The van der Waals surface area contributed by atoms with Gasteiger partial charge in [-0.2, -0.15) is 0 Å². The Morgan fingerprint density at radius 2 is 1.76 bits per heavy atom. The number of morpholine rings is 1. The van der Waals surface area contributed by atoms with Crippen molar-refractivity contribution in [1.29, 1.82) is 0 Å². The molecule has 1 aliphatic heterocycles. The van der Waals surface area contributed by atoms with E-state index in [0.29, 0.717) is 38.0 Å². The van der Waals surface area contributed by atoms with Crippen LogP contribution in [-0.2, 0) is 9.47 Å². The first kappa shape index (κ1) is 25.8. The summed E-state index contributed by atoms with van der Waals surface area (Å²) >= 11 is 0. The van der Waals surface area contributed by atoms with Gasteiger partial charge in [-0.05, 0) is 37.5 Å². The lowest BCUT2D eigenvalue weighted by Gasteiger charge is -2.37. The molecule has 1 N–H and O–H groups in total. The van der Waals surface area contributed by atoms with E-state index in [1.165, 1.54) is 9.42 Å². The molecule has 2 aromatic heterocycles. The van der Waals surface area contributed by atoms with Crippen LogP contribution in [0.4, 0.5) is 10.5 Å². The molecule has 3 aromatic rings. The summed E-state index contributed by atoms with van der Waals surface area (Å²) in [6.45, 7) is 17.8. The summed E-state index contributed by atoms with van der Waals surface area (Å²) < 4.78 is 18.5. The van der Waals surface area contributed by atoms with Crippen LogP contribution in [0, 0.1) is 31.2 Å². The number of benzene rings is 1. The summed E-state index contributed by atoms with van der Waals surface area (Å²) in [6, 6.07) is 7.74. The largest absolute Gasteiger partial charge is 0.459 e. The van der Waals surface area contributed by atoms with Gasteiger partial charge >= 0.3 is 12.1 Å². The molecule has 1 aliphatic carbocycles. The second-order valence-electron chi connectivity index (χ2n) is 10.6. The molecule has 1 saturated carbocycles. The zero-order valence-corrected chi connectivity index (χ0v) is 22.2. The Labute approximate surface area is 221 Å². The van der Waals surface area contributed by atoms with Gasteiger partial charge in [-0.1, -0.05) is 50.6 Å². The number of carbonyl (C=O) groups excluding carboxylic acids is 2. The maximum absolute atomic E-state index is 13.7. The smallest absolute Gasteiger partial charge is 0.415 e. The number of rotatable bonds is 4. The number of aryl methyl sites for hydroxylation is 1. The minimum Gasteiger partial charge on any atom is -0.459 e. The second-order valence-corrected chi connectivity index (χ2v) is 10.6. The zero-order valence-electron chi connectivity index (χ0n) is 22.2. The summed E-state index contributed by atoms with van der Waals surface area (Å²) in [7, 11) is 0. The zero-order chi connectivity index (χ0) is 27.0. The second kappa shape index (κ2) is 10.5. The van der Waals surface area contributed by atoms with E-state index in [2.05, 4.69) is 35.7 Å². The van der Waals surface area contributed by atoms with Crippen LogP contribution in [0.5, 0.6) is 5.88 Å². The van der Waals surface area contributed by atoms with Crippen LogP contribution in [0.15, 0.2) is 24.3 Å². The number of H-pyrrole nitrogens is 1. The lowest BCUT2D eigenvalue weighted by Crippen LogP contribution is -2.42. The van der Waals surface area contributed by atoms with Gasteiger partial charge in [0.05, 0.1) is 19.8 Å². The van der Waals surface area contributed by atoms with Gasteiger partial charge in [0, 0.05) is 18.7 Å². The van der Waals surface area contributed by atoms with E-state index in [1.54, 1.807) is 0 Å². The number of esters is 1. The SMILES string of the molecule is [C-]#[N+]c1c(C(=O)OC2C(C)CC(C)CC2C)c2nc(-c3ccc(C)cc3)[nH]n2c1OC(=O)N1CCOCC1. The van der Waals surface area contributed by atoms with E-state index in [1.807, 2.05) is 31.2 Å². The van der Waals surface area contributed by atoms with E-state index in [0.717, 1.165) is 24.0 Å². The number of hydrogen-bond acceptors (Lipinski definition) is 6. The van der Waals surface area contributed by atoms with Gasteiger partial charge in [0.1, 0.15) is 11.7 Å². The van der Waals surface area contributed by atoms with E-state index in [-0.39, 0.29) is 40.7 Å². The molecule has 2 aliphatic rings. The van der Waals surface area contributed by atoms with Crippen molar-refractivity contribution in [3.05, 3.63) is 46.8 Å². The molecule has 10 nitrogen and oxygen atoms in total. The fourth-order valence-corrected chi connectivity index (χ4v) is 5.70. The van der Waals surface area contributed by atoms with Crippen molar-refractivity contribution >= 4 is 23.4 Å². The number of nitrogens with one attached hydrogen (secondary N) is 1. The van der Waals surface area contributed by atoms with E-state index >= 15 is 0 Å². The van der Waals surface area contributed by atoms with Crippen molar-refractivity contribution in [2.45, 2.75) is 46.6 Å². The number of ether oxygens (including phenoxy) is 3. The van der Waals surface area contributed by atoms with Gasteiger partial charge in [-0.15, -0.1) is 0 Å². The Morgan fingerprint density at radius 3 is 2.39 bits per heavy atom. The van der Waals surface area contributed by atoms with Crippen molar-refractivity contribution in [2.24, 2.45) is 17.8 Å². The molecule has 0 spiro atoms. The number of hydrogen-bond donors (Lipinski definition) is 1. The highest BCUT2D eigenvalue weighted by Gasteiger charge is 2.37. The molecule has 2 atom stereocenters. The van der Waals surface area contributed by atoms with Crippen LogP contribution in [0.3, 0.4) is 0 Å². The van der Waals surface area contributed by atoms with E-state index in [4.69, 9.17) is 20.8 Å². The summed E-state index contributed by atoms with van der Waals surface area (Å²) in [5, 5.41) is 3.12. The highest BCUT2D eigenvalue weighted by molar-refractivity contribution is 6.05. The maximum Gasteiger partial charge on any atom is 0.415 e. The monoisotopic (exact) mass is 519 g/mol. The number of fused-ring (bicyclic) bond motifs is 1. The van der Waals surface area contributed by atoms with E-state index < -0.39 is 12.1 Å². The minimum absolute atomic E-state index is 0.00240. The van der Waals surface area contributed by atoms with Gasteiger partial charge < -0.3 is 19.1 Å². The van der Waals surface area contributed by atoms with Crippen LogP contribution in [0.25, 0.3) is 21.9 Å². The van der Waals surface area contributed by atoms with Gasteiger partial charge in [0.25, 0.3) is 5.69 Å². The van der Waals surface area contributed by atoms with Gasteiger partial charge in [-0.3, -0.25) is 5.10 Å². The van der Waals surface area contributed by atoms with Crippen molar-refractivity contribution in [1.82, 2.24) is 19.5 Å². The molecule has 2 fully saturated rings. The Balaban J connectivity index is 1.56. The molecule has 3 heterocycles. The molecule has 5 rings (SSSR count). The first-order valence-electron chi connectivity index (χ1n) is 13.1. The highest BCUT2D eigenvalue weighted by atomic mass is 16.6. The van der Waals surface area contributed by atoms with E-state index in [9.17, 15) is 9.59 Å². The van der Waals surface area contributed by atoms with Crippen LogP contribution >= 0.6 is 0 Å². The van der Waals surface area contributed by atoms with Gasteiger partial charge in [0.15, 0.2) is 11.5 Å². The highest BCUT2D eigenvalue weighted by Crippen LogP contribution is 2.41. The molecule has 2 unspecified atom stereocenters. The minimum atomic E-state index is -0.637. The number of aromatic amines is 1. The normalized spacial score (nSPS) is 23.7. The number of amides is 1. The van der Waals surface area contributed by atoms with Gasteiger partial charge in [-0.25, -0.2) is 23.9 Å². The lowest BCUT2D eigenvalue weighted by atomic mass is 9.75. The Hall–Kier alpha value is -3.84. The van der Waals surface area contributed by atoms with Crippen molar-refractivity contribution in [2.75, 3.05) is 26.3 Å². The summed E-state index contributed by atoms with van der Waals surface area (Å²) in [5.74, 6) is 0.693. The molecule has 38 heavy (non-hydrogen) atoms. The molecule has 0 bridgehead atoms. The Kier molecular flexibility index (Phi) is 7.13. The van der Waals surface area contributed by atoms with Crippen molar-refractivity contribution in [3.8, 4) is 17.3 Å². The predicted octanol–water partition coefficient (Wildman–Crippen LogP) is 5.25. The number of nitrogens with zero attached hydrogens (tertiary/aromatic N) is 4. The number of aromatic nitrogens is 3. The molecular formula is C28H33N5O5. The first-order valence-corrected chi connectivity index (χ1v) is 13.1. The predicted molar refractivity (Wildman–Crippen MR) is 140 cm³/mol. The average molecular weight is 520 g/mol. The molecule has 1 amide bonds. The summed E-state index contributed by atoms with van der Waals surface area (Å²) in [6.07, 6.45) is 1.03. The molecule has 1 saturated heterocycles. The molecule has 0 radical (unpaired) electrons. The van der Waals surface area contributed by atoms with Crippen molar-refractivity contribution < 1.29 is 23.8 Å². The standard InChI is InChI=1S/C28H33N5O5/c1-16-6-8-20(9-7-16)24-30-25-21(27(34)37-23-18(3)14-17(2)15-19(23)4)22(29-5)26(33(25)31-24)38-28(35)32-10-12-36-13-11-32/h6-9,17-19,23H,10-15H2,1-4H3,(H,30,31). The van der Waals surface area contributed by atoms with Gasteiger partial charge in [0.2, 0.25) is 5.88 Å². The molecular weight excluding hydrogens is 486 g/mol. The third-order valence-electron chi connectivity index (χ3n) is 7.52. The maximum atomic E-state index is 13.7. The Bertz CT molecular complexity index is 1370. The van der Waals surface area contributed by atoms with Crippen LogP contribution < -0.4 is 4.74 Å². The average Bonchev–Trinajstić information content (AvgIpc) is 3.44. The van der Waals surface area contributed by atoms with Crippen LogP contribution in [0.2, 0.25) is 0 Å². The summed E-state index contributed by atoms with van der Waals surface area (Å²) in [5.41, 5.74) is 1.96. The summed E-state index contributed by atoms with van der Waals surface area (Å²) in [4.78, 5) is 36.4. The third kappa shape index (κ3) is 4.86. The fraction of sp³-hybridized carbons (Fsp3) is 0.500. The lowest BCUT2D eigenvalue weighted by molar-refractivity contribution is -0.0249. The van der Waals surface area contributed by atoms with Crippen LogP contribution in [0.1, 0.15) is 49.5 Å². The van der Waals surface area contributed by atoms with Crippen LogP contribution in [-0.4, -0.2) is 64.0 Å². The third-order valence-corrected chi connectivity index (χ3v) is 7.52. The first-order chi connectivity index (χ1) is 18.3. The number of carbonyl (C=O) groups is 2. The fourth-order valence-electron chi connectivity index (χ4n) is 5.70. The molecule has 1 aromatic carbocycles. The molecule has 10 heteroatoms. The quantitative estimate of drug-likeness (QED) is 0.373. The molecule has 200 valence electrons. The topological polar surface area (TPSA) is 103 Å². The Morgan fingerprint density at radius 1 is 1.11 bits per heavy atom.